The van der Waals surface area contributed by atoms with Gasteiger partial charge in [-0.15, -0.1) is 0 Å². The number of hydrazine groups is 1. The van der Waals surface area contributed by atoms with Gasteiger partial charge in [-0.3, -0.25) is 10.4 Å². The average molecular weight is 229 g/mol. The van der Waals surface area contributed by atoms with Gasteiger partial charge in [-0.25, -0.2) is 0 Å². The van der Waals surface area contributed by atoms with Crippen molar-refractivity contribution in [3.63, 3.8) is 0 Å². The molecule has 2 N–H and O–H groups in total. The Morgan fingerprint density at radius 2 is 2.06 bits per heavy atom. The second-order valence-corrected chi connectivity index (χ2v) is 5.14. The Bertz CT molecular complexity index is 472. The van der Waals surface area contributed by atoms with E-state index in [-0.39, 0.29) is 5.54 Å². The summed E-state index contributed by atoms with van der Waals surface area (Å²) >= 11 is 0. The lowest BCUT2D eigenvalue weighted by Gasteiger charge is -2.29. The van der Waals surface area contributed by atoms with E-state index in [4.69, 9.17) is 4.99 Å². The number of fused-ring (bicyclic) bond motifs is 1. The van der Waals surface area contributed by atoms with Gasteiger partial charge in [0.15, 0.2) is 0 Å². The van der Waals surface area contributed by atoms with E-state index < -0.39 is 0 Å². The molecule has 1 heterocycles. The van der Waals surface area contributed by atoms with Crippen molar-refractivity contribution in [1.82, 2.24) is 10.9 Å². The largest absolute Gasteiger partial charge is 0.305 e. The number of hydrogen-bond donors (Lipinski definition) is 2. The number of aliphatic imine (C=N–C) groups is 1. The summed E-state index contributed by atoms with van der Waals surface area (Å²) in [6.07, 6.45) is 0.974. The fourth-order valence-electron chi connectivity index (χ4n) is 2.04. The standard InChI is InChI=1S/C14H19N3/c1-10(2)16-17-13-12-8-6-5-7-11(12)9-14(3,4)15-13/h5-8,16H,1,9H2,2-4H3,(H,15,17). The predicted octanol–water partition coefficient (Wildman–Crippen LogP) is 2.40. The number of benzene rings is 1. The van der Waals surface area contributed by atoms with Crippen LogP contribution in [0.15, 0.2) is 41.5 Å². The Morgan fingerprint density at radius 3 is 2.76 bits per heavy atom. The van der Waals surface area contributed by atoms with Crippen LogP contribution in [0.4, 0.5) is 0 Å². The van der Waals surface area contributed by atoms with Gasteiger partial charge >= 0.3 is 0 Å². The normalized spacial score (nSPS) is 16.8. The van der Waals surface area contributed by atoms with Crippen molar-refractivity contribution in [3.05, 3.63) is 47.7 Å². The molecule has 0 unspecified atom stereocenters. The van der Waals surface area contributed by atoms with E-state index in [2.05, 4.69) is 49.5 Å². The molecule has 0 bridgehead atoms. The number of hydrogen-bond acceptors (Lipinski definition) is 3. The molecule has 1 aromatic carbocycles. The summed E-state index contributed by atoms with van der Waals surface area (Å²) in [7, 11) is 0. The third kappa shape index (κ3) is 2.67. The minimum absolute atomic E-state index is 0.0621. The van der Waals surface area contributed by atoms with Gasteiger partial charge < -0.3 is 5.43 Å². The molecule has 90 valence electrons. The van der Waals surface area contributed by atoms with Crippen molar-refractivity contribution in [1.29, 1.82) is 0 Å². The van der Waals surface area contributed by atoms with E-state index in [0.29, 0.717) is 0 Å². The van der Waals surface area contributed by atoms with Crippen molar-refractivity contribution >= 4 is 5.84 Å². The zero-order valence-electron chi connectivity index (χ0n) is 10.7. The molecule has 0 saturated heterocycles. The molecule has 0 atom stereocenters. The van der Waals surface area contributed by atoms with Crippen LogP contribution in [-0.4, -0.2) is 11.4 Å². The molecule has 1 aliphatic rings. The first-order valence-electron chi connectivity index (χ1n) is 5.84. The summed E-state index contributed by atoms with van der Waals surface area (Å²) in [6.45, 7) is 10.0. The van der Waals surface area contributed by atoms with Gasteiger partial charge in [0, 0.05) is 11.3 Å². The summed E-state index contributed by atoms with van der Waals surface area (Å²) in [5, 5.41) is 0. The summed E-state index contributed by atoms with van der Waals surface area (Å²) in [6, 6.07) is 8.36. The maximum atomic E-state index is 4.73. The first-order valence-corrected chi connectivity index (χ1v) is 5.84. The fourth-order valence-corrected chi connectivity index (χ4v) is 2.04. The minimum atomic E-state index is -0.0621. The van der Waals surface area contributed by atoms with E-state index in [0.717, 1.165) is 18.0 Å². The van der Waals surface area contributed by atoms with Crippen LogP contribution in [0.1, 0.15) is 31.9 Å². The fraction of sp³-hybridized carbons (Fsp3) is 0.357. The third-order valence-electron chi connectivity index (χ3n) is 2.70. The highest BCUT2D eigenvalue weighted by molar-refractivity contribution is 6.01. The van der Waals surface area contributed by atoms with Gasteiger partial charge in [0.05, 0.1) is 5.54 Å². The SMILES string of the molecule is C=C(C)NNC1=NC(C)(C)Cc2ccccc21. The van der Waals surface area contributed by atoms with Crippen molar-refractivity contribution in [2.24, 2.45) is 4.99 Å². The molecule has 0 aliphatic carbocycles. The van der Waals surface area contributed by atoms with E-state index in [1.54, 1.807) is 0 Å². The molecule has 3 heteroatoms. The maximum absolute atomic E-state index is 4.73. The minimum Gasteiger partial charge on any atom is -0.305 e. The van der Waals surface area contributed by atoms with Gasteiger partial charge in [0.2, 0.25) is 0 Å². The number of amidine groups is 1. The second kappa shape index (κ2) is 4.24. The molecule has 0 spiro atoms. The maximum Gasteiger partial charge on any atom is 0.147 e. The topological polar surface area (TPSA) is 36.4 Å². The first-order chi connectivity index (χ1) is 7.98. The van der Waals surface area contributed by atoms with Crippen molar-refractivity contribution in [2.45, 2.75) is 32.7 Å². The predicted molar refractivity (Wildman–Crippen MR) is 71.8 cm³/mol. The second-order valence-electron chi connectivity index (χ2n) is 5.14. The number of allylic oxidation sites excluding steroid dienone is 1. The Labute approximate surface area is 103 Å². The molecule has 3 nitrogen and oxygen atoms in total. The molecule has 0 saturated carbocycles. The van der Waals surface area contributed by atoms with Gasteiger partial charge in [-0.05, 0) is 32.8 Å². The van der Waals surface area contributed by atoms with Gasteiger partial charge in [-0.1, -0.05) is 30.8 Å². The zero-order chi connectivity index (χ0) is 12.5. The monoisotopic (exact) mass is 229 g/mol. The van der Waals surface area contributed by atoms with Crippen LogP contribution in [-0.2, 0) is 6.42 Å². The molecule has 17 heavy (non-hydrogen) atoms. The Hall–Kier alpha value is -1.77. The highest BCUT2D eigenvalue weighted by Gasteiger charge is 2.26. The van der Waals surface area contributed by atoms with Gasteiger partial charge in [-0.2, -0.15) is 0 Å². The first kappa shape index (κ1) is 11.7. The Balaban J connectivity index is 2.33. The summed E-state index contributed by atoms with van der Waals surface area (Å²) in [4.78, 5) is 4.73. The quantitative estimate of drug-likeness (QED) is 0.764. The number of rotatable bonds is 2. The van der Waals surface area contributed by atoms with E-state index >= 15 is 0 Å². The number of nitrogens with zero attached hydrogens (tertiary/aromatic N) is 1. The van der Waals surface area contributed by atoms with Crippen LogP contribution in [0.3, 0.4) is 0 Å². The molecule has 0 aromatic heterocycles. The molecule has 0 radical (unpaired) electrons. The average Bonchev–Trinajstić information content (AvgIpc) is 2.24. The third-order valence-corrected chi connectivity index (χ3v) is 2.70. The molecule has 0 fully saturated rings. The van der Waals surface area contributed by atoms with Crippen LogP contribution in [0, 0.1) is 0 Å². The van der Waals surface area contributed by atoms with Crippen LogP contribution < -0.4 is 10.9 Å². The van der Waals surface area contributed by atoms with Gasteiger partial charge in [0.25, 0.3) is 0 Å². The van der Waals surface area contributed by atoms with Crippen LogP contribution >= 0.6 is 0 Å². The molecular formula is C14H19N3. The lowest BCUT2D eigenvalue weighted by atomic mass is 9.89. The smallest absolute Gasteiger partial charge is 0.147 e. The van der Waals surface area contributed by atoms with Crippen molar-refractivity contribution in [2.75, 3.05) is 0 Å². The van der Waals surface area contributed by atoms with Gasteiger partial charge in [0.1, 0.15) is 5.84 Å². The molecular weight excluding hydrogens is 210 g/mol. The van der Waals surface area contributed by atoms with Crippen LogP contribution in [0.25, 0.3) is 0 Å². The summed E-state index contributed by atoms with van der Waals surface area (Å²) in [5.74, 6) is 0.889. The zero-order valence-corrected chi connectivity index (χ0v) is 10.7. The van der Waals surface area contributed by atoms with Crippen LogP contribution in [0.2, 0.25) is 0 Å². The highest BCUT2D eigenvalue weighted by atomic mass is 15.4. The molecule has 1 aromatic rings. The Kier molecular flexibility index (Phi) is 2.92. The lowest BCUT2D eigenvalue weighted by molar-refractivity contribution is 0.506. The Morgan fingerprint density at radius 1 is 1.35 bits per heavy atom. The lowest BCUT2D eigenvalue weighted by Crippen LogP contribution is -2.42. The molecule has 0 amide bonds. The van der Waals surface area contributed by atoms with E-state index in [1.165, 1.54) is 11.1 Å². The molecule has 2 rings (SSSR count). The summed E-state index contributed by atoms with van der Waals surface area (Å²) in [5.41, 5.74) is 9.46. The molecule has 1 aliphatic heterocycles. The van der Waals surface area contributed by atoms with Crippen molar-refractivity contribution < 1.29 is 0 Å². The van der Waals surface area contributed by atoms with Crippen LogP contribution in [0.5, 0.6) is 0 Å². The van der Waals surface area contributed by atoms with E-state index in [1.807, 2.05) is 13.0 Å². The number of nitrogens with one attached hydrogen (secondary N) is 2. The summed E-state index contributed by atoms with van der Waals surface area (Å²) < 4.78 is 0. The van der Waals surface area contributed by atoms with E-state index in [9.17, 15) is 0 Å². The van der Waals surface area contributed by atoms with Crippen molar-refractivity contribution in [3.8, 4) is 0 Å². The highest BCUT2D eigenvalue weighted by Crippen LogP contribution is 2.25.